The Kier molecular flexibility index (Phi) is 5.08. The van der Waals surface area contributed by atoms with Crippen LogP contribution in [-0.4, -0.2) is 35.1 Å². The number of likely N-dealkylation sites (tertiary alicyclic amines) is 1. The molecule has 1 saturated heterocycles. The maximum Gasteiger partial charge on any atom is 0.246 e. The van der Waals surface area contributed by atoms with E-state index in [2.05, 4.69) is 0 Å². The number of carbonyl (C=O) groups excluding carboxylic acids is 1. The van der Waals surface area contributed by atoms with Gasteiger partial charge < -0.3 is 10.0 Å². The number of aliphatic hydroxyl groups excluding tert-OH is 1. The molecule has 2 rings (SSSR count). The number of hydrogen-bond acceptors (Lipinski definition) is 2. The molecular formula is C15H17Cl2NO2. The summed E-state index contributed by atoms with van der Waals surface area (Å²) >= 11 is 11.9. The molecule has 0 spiro atoms. The predicted molar refractivity (Wildman–Crippen MR) is 81.9 cm³/mol. The summed E-state index contributed by atoms with van der Waals surface area (Å²) in [7, 11) is 0. The molecule has 108 valence electrons. The first kappa shape index (κ1) is 15.4. The molecule has 5 heteroatoms. The van der Waals surface area contributed by atoms with Crippen molar-refractivity contribution in [2.24, 2.45) is 5.92 Å². The average molecular weight is 314 g/mol. The second-order valence-corrected chi connectivity index (χ2v) is 5.96. The van der Waals surface area contributed by atoms with Crippen LogP contribution in [0.4, 0.5) is 0 Å². The zero-order valence-electron chi connectivity index (χ0n) is 11.2. The number of nitrogens with zero attached hydrogens (tertiary/aromatic N) is 1. The molecule has 20 heavy (non-hydrogen) atoms. The molecule has 1 fully saturated rings. The van der Waals surface area contributed by atoms with Crippen molar-refractivity contribution >= 4 is 35.2 Å². The van der Waals surface area contributed by atoms with E-state index in [1.807, 2.05) is 6.92 Å². The van der Waals surface area contributed by atoms with Gasteiger partial charge in [-0.15, -0.1) is 0 Å². The van der Waals surface area contributed by atoms with E-state index in [1.165, 1.54) is 6.08 Å². The zero-order chi connectivity index (χ0) is 14.7. The van der Waals surface area contributed by atoms with Crippen LogP contribution in [0.15, 0.2) is 24.3 Å². The number of benzene rings is 1. The van der Waals surface area contributed by atoms with Crippen LogP contribution >= 0.6 is 23.2 Å². The van der Waals surface area contributed by atoms with E-state index in [0.717, 1.165) is 5.56 Å². The first-order chi connectivity index (χ1) is 9.47. The molecule has 0 aliphatic carbocycles. The summed E-state index contributed by atoms with van der Waals surface area (Å²) in [5, 5.41) is 10.8. The van der Waals surface area contributed by atoms with Gasteiger partial charge >= 0.3 is 0 Å². The van der Waals surface area contributed by atoms with E-state index < -0.39 is 0 Å². The first-order valence-corrected chi connectivity index (χ1v) is 7.33. The second kappa shape index (κ2) is 6.61. The molecular weight excluding hydrogens is 297 g/mol. The molecule has 1 heterocycles. The number of aliphatic hydroxyl groups is 1. The summed E-state index contributed by atoms with van der Waals surface area (Å²) in [4.78, 5) is 13.8. The number of carbonyl (C=O) groups is 1. The molecule has 0 aromatic heterocycles. The van der Waals surface area contributed by atoms with Crippen LogP contribution < -0.4 is 0 Å². The van der Waals surface area contributed by atoms with Crippen molar-refractivity contribution in [1.29, 1.82) is 0 Å². The second-order valence-electron chi connectivity index (χ2n) is 5.12. The first-order valence-electron chi connectivity index (χ1n) is 6.57. The smallest absolute Gasteiger partial charge is 0.246 e. The zero-order valence-corrected chi connectivity index (χ0v) is 12.7. The highest BCUT2D eigenvalue weighted by Gasteiger charge is 2.25. The number of halogens is 2. The Morgan fingerprint density at radius 2 is 2.20 bits per heavy atom. The summed E-state index contributed by atoms with van der Waals surface area (Å²) in [5.41, 5.74) is 0.720. The Labute approximate surface area is 128 Å². The van der Waals surface area contributed by atoms with Crippen molar-refractivity contribution in [2.75, 3.05) is 13.1 Å². The molecule has 1 aliphatic heterocycles. The van der Waals surface area contributed by atoms with Crippen LogP contribution in [0.25, 0.3) is 6.08 Å². The fraction of sp³-hybridized carbons (Fsp3) is 0.400. The lowest BCUT2D eigenvalue weighted by atomic mass is 9.97. The molecule has 1 amide bonds. The highest BCUT2D eigenvalue weighted by Crippen LogP contribution is 2.22. The van der Waals surface area contributed by atoms with Gasteiger partial charge in [0.05, 0.1) is 6.10 Å². The molecule has 0 radical (unpaired) electrons. The van der Waals surface area contributed by atoms with E-state index in [4.69, 9.17) is 23.2 Å². The van der Waals surface area contributed by atoms with Gasteiger partial charge in [-0.2, -0.15) is 0 Å². The minimum Gasteiger partial charge on any atom is -0.393 e. The Morgan fingerprint density at radius 1 is 1.45 bits per heavy atom. The molecule has 1 aliphatic rings. The molecule has 0 bridgehead atoms. The molecule has 1 aromatic rings. The third-order valence-corrected chi connectivity index (χ3v) is 4.11. The summed E-state index contributed by atoms with van der Waals surface area (Å²) in [6.07, 6.45) is 3.48. The van der Waals surface area contributed by atoms with Gasteiger partial charge in [0.15, 0.2) is 0 Å². The lowest BCUT2D eigenvalue weighted by Gasteiger charge is -2.33. The normalized spacial score (nSPS) is 23.3. The van der Waals surface area contributed by atoms with Gasteiger partial charge in [0.2, 0.25) is 5.91 Å². The maximum atomic E-state index is 12.1. The fourth-order valence-corrected chi connectivity index (χ4v) is 2.60. The largest absolute Gasteiger partial charge is 0.393 e. The minimum atomic E-state index is -0.314. The third kappa shape index (κ3) is 3.75. The highest BCUT2D eigenvalue weighted by atomic mass is 35.5. The lowest BCUT2D eigenvalue weighted by molar-refractivity contribution is -0.129. The Balaban J connectivity index is 2.04. The Bertz CT molecular complexity index is 531. The summed E-state index contributed by atoms with van der Waals surface area (Å²) in [5.74, 6) is 0.0376. The highest BCUT2D eigenvalue weighted by molar-refractivity contribution is 6.34. The lowest BCUT2D eigenvalue weighted by Crippen LogP contribution is -2.44. The third-order valence-electron chi connectivity index (χ3n) is 3.54. The number of hydrogen-bond donors (Lipinski definition) is 1. The molecule has 1 aromatic carbocycles. The van der Waals surface area contributed by atoms with Crippen LogP contribution in [0.3, 0.4) is 0 Å². The molecule has 2 atom stereocenters. The van der Waals surface area contributed by atoms with Gasteiger partial charge in [-0.05, 0) is 42.2 Å². The van der Waals surface area contributed by atoms with E-state index >= 15 is 0 Å². The van der Waals surface area contributed by atoms with Gasteiger partial charge in [0.1, 0.15) is 0 Å². The number of amides is 1. The molecule has 1 N–H and O–H groups in total. The quantitative estimate of drug-likeness (QED) is 0.852. The van der Waals surface area contributed by atoms with Crippen molar-refractivity contribution < 1.29 is 9.90 Å². The predicted octanol–water partition coefficient (Wildman–Crippen LogP) is 3.24. The molecule has 2 unspecified atom stereocenters. The van der Waals surface area contributed by atoms with Crippen molar-refractivity contribution in [3.8, 4) is 0 Å². The van der Waals surface area contributed by atoms with Gasteiger partial charge in [-0.3, -0.25) is 4.79 Å². The van der Waals surface area contributed by atoms with Gasteiger partial charge in [-0.1, -0.05) is 30.1 Å². The topological polar surface area (TPSA) is 40.5 Å². The summed E-state index contributed by atoms with van der Waals surface area (Å²) < 4.78 is 0. The Hall–Kier alpha value is -1.03. The van der Waals surface area contributed by atoms with E-state index in [1.54, 1.807) is 29.2 Å². The maximum absolute atomic E-state index is 12.1. The van der Waals surface area contributed by atoms with Gasteiger partial charge in [0.25, 0.3) is 0 Å². The van der Waals surface area contributed by atoms with Crippen LogP contribution in [0.1, 0.15) is 18.9 Å². The van der Waals surface area contributed by atoms with Crippen LogP contribution in [0, 0.1) is 5.92 Å². The van der Waals surface area contributed by atoms with Crippen molar-refractivity contribution in [2.45, 2.75) is 19.4 Å². The molecule has 0 saturated carbocycles. The average Bonchev–Trinajstić information content (AvgIpc) is 2.42. The van der Waals surface area contributed by atoms with E-state index in [-0.39, 0.29) is 17.9 Å². The Morgan fingerprint density at radius 3 is 2.90 bits per heavy atom. The fourth-order valence-electron chi connectivity index (χ4n) is 2.24. The van der Waals surface area contributed by atoms with Crippen LogP contribution in [0.5, 0.6) is 0 Å². The number of rotatable bonds is 2. The van der Waals surface area contributed by atoms with Crippen molar-refractivity contribution in [3.05, 3.63) is 39.9 Å². The molecule has 3 nitrogen and oxygen atoms in total. The summed E-state index contributed by atoms with van der Waals surface area (Å²) in [6.45, 7) is 3.10. The monoisotopic (exact) mass is 313 g/mol. The summed E-state index contributed by atoms with van der Waals surface area (Å²) in [6, 6.07) is 5.13. The van der Waals surface area contributed by atoms with E-state index in [9.17, 15) is 9.90 Å². The van der Waals surface area contributed by atoms with Gasteiger partial charge in [-0.25, -0.2) is 0 Å². The number of piperidine rings is 1. The SMILES string of the molecule is CC1CN(C(=O)/C=C/c2cc(Cl)ccc2Cl)CCC1O. The van der Waals surface area contributed by atoms with Gasteiger partial charge in [0, 0.05) is 29.2 Å². The van der Waals surface area contributed by atoms with Crippen LogP contribution in [-0.2, 0) is 4.79 Å². The van der Waals surface area contributed by atoms with E-state index in [0.29, 0.717) is 29.6 Å². The van der Waals surface area contributed by atoms with Crippen molar-refractivity contribution in [3.63, 3.8) is 0 Å². The van der Waals surface area contributed by atoms with Crippen LogP contribution in [0.2, 0.25) is 10.0 Å². The van der Waals surface area contributed by atoms with Crippen molar-refractivity contribution in [1.82, 2.24) is 4.90 Å². The standard InChI is InChI=1S/C15H17Cl2NO2/c1-10-9-18(7-6-14(10)19)15(20)5-2-11-8-12(16)3-4-13(11)17/h2-5,8,10,14,19H,6-7,9H2,1H3/b5-2+. The minimum absolute atomic E-state index is 0.0696.